The predicted octanol–water partition coefficient (Wildman–Crippen LogP) is 2.88. The molecule has 0 saturated heterocycles. The van der Waals surface area contributed by atoms with Crippen LogP contribution in [0.5, 0.6) is 5.88 Å². The minimum Gasteiger partial charge on any atom is -0.476 e. The fraction of sp³-hybridized carbons (Fsp3) is 0.615. The van der Waals surface area contributed by atoms with E-state index in [0.717, 1.165) is 6.54 Å². The Morgan fingerprint density at radius 3 is 2.82 bits per heavy atom. The van der Waals surface area contributed by atoms with Gasteiger partial charge in [0.2, 0.25) is 5.88 Å². The Hall–Kier alpha value is -0.800. The van der Waals surface area contributed by atoms with E-state index >= 15 is 0 Å². The maximum Gasteiger partial charge on any atom is 0.232 e. The molecular formula is C13H19ClN2O. The third-order valence-electron chi connectivity index (χ3n) is 3.53. The van der Waals surface area contributed by atoms with Crippen molar-refractivity contribution in [3.05, 3.63) is 23.4 Å². The van der Waals surface area contributed by atoms with E-state index in [9.17, 15) is 0 Å². The minimum atomic E-state index is 0.538. The van der Waals surface area contributed by atoms with Crippen LogP contribution >= 0.6 is 11.6 Å². The normalized spacial score (nSPS) is 24.6. The van der Waals surface area contributed by atoms with Crippen molar-refractivity contribution in [1.29, 1.82) is 0 Å². The second kappa shape index (κ2) is 6.22. The first-order chi connectivity index (χ1) is 8.31. The highest BCUT2D eigenvalue weighted by Gasteiger charge is 2.24. The lowest BCUT2D eigenvalue weighted by molar-refractivity contribution is 0.149. The zero-order valence-electron chi connectivity index (χ0n) is 9.94. The van der Waals surface area contributed by atoms with E-state index in [1.165, 1.54) is 25.7 Å². The molecule has 1 aromatic rings. The van der Waals surface area contributed by atoms with Gasteiger partial charge in [0.25, 0.3) is 0 Å². The lowest BCUT2D eigenvalue weighted by Gasteiger charge is -2.30. The zero-order chi connectivity index (χ0) is 12.1. The third-order valence-corrected chi connectivity index (χ3v) is 3.82. The van der Waals surface area contributed by atoms with E-state index in [-0.39, 0.29) is 0 Å². The standard InChI is InChI=1S/C13H19ClN2O/c14-12-6-3-7-16-13(12)17-9-11-5-2-1-4-10(11)8-15/h3,6-7,10-11H,1-2,4-5,8-9,15H2. The van der Waals surface area contributed by atoms with E-state index in [0.29, 0.717) is 29.3 Å². The highest BCUT2D eigenvalue weighted by Crippen LogP contribution is 2.30. The van der Waals surface area contributed by atoms with Gasteiger partial charge in [-0.2, -0.15) is 0 Å². The first-order valence-electron chi connectivity index (χ1n) is 6.24. The average Bonchev–Trinajstić information content (AvgIpc) is 2.38. The van der Waals surface area contributed by atoms with Crippen LogP contribution in [0.1, 0.15) is 25.7 Å². The van der Waals surface area contributed by atoms with Gasteiger partial charge in [0.05, 0.1) is 6.61 Å². The van der Waals surface area contributed by atoms with Gasteiger partial charge < -0.3 is 10.5 Å². The molecule has 2 atom stereocenters. The number of halogens is 1. The quantitative estimate of drug-likeness (QED) is 0.899. The zero-order valence-corrected chi connectivity index (χ0v) is 10.7. The van der Waals surface area contributed by atoms with E-state index in [2.05, 4.69) is 4.98 Å². The molecule has 0 spiro atoms. The van der Waals surface area contributed by atoms with E-state index in [1.54, 1.807) is 18.3 Å². The molecule has 3 nitrogen and oxygen atoms in total. The van der Waals surface area contributed by atoms with Crippen molar-refractivity contribution in [1.82, 2.24) is 4.98 Å². The lowest BCUT2D eigenvalue weighted by Crippen LogP contribution is -2.30. The second-order valence-corrected chi connectivity index (χ2v) is 5.05. The highest BCUT2D eigenvalue weighted by molar-refractivity contribution is 6.31. The fourth-order valence-electron chi connectivity index (χ4n) is 2.48. The van der Waals surface area contributed by atoms with E-state index in [1.807, 2.05) is 0 Å². The molecule has 1 aliphatic carbocycles. The summed E-state index contributed by atoms with van der Waals surface area (Å²) in [7, 11) is 0. The Bertz CT molecular complexity index is 359. The molecule has 1 aromatic heterocycles. The SMILES string of the molecule is NCC1CCCCC1COc1ncccc1Cl. The average molecular weight is 255 g/mol. The van der Waals surface area contributed by atoms with Crippen LogP contribution in [-0.4, -0.2) is 18.1 Å². The Labute approximate surface area is 107 Å². The first-order valence-corrected chi connectivity index (χ1v) is 6.62. The smallest absolute Gasteiger partial charge is 0.232 e. The molecule has 1 heterocycles. The molecule has 0 aliphatic heterocycles. The maximum atomic E-state index is 6.00. The van der Waals surface area contributed by atoms with E-state index in [4.69, 9.17) is 22.1 Å². The first kappa shape index (κ1) is 12.7. The van der Waals surface area contributed by atoms with Crippen molar-refractivity contribution in [3.8, 4) is 5.88 Å². The van der Waals surface area contributed by atoms with Gasteiger partial charge in [-0.15, -0.1) is 0 Å². The fourth-order valence-corrected chi connectivity index (χ4v) is 2.65. The van der Waals surface area contributed by atoms with Gasteiger partial charge in [-0.05, 0) is 43.4 Å². The molecule has 94 valence electrons. The van der Waals surface area contributed by atoms with Gasteiger partial charge in [0, 0.05) is 6.20 Å². The molecular weight excluding hydrogens is 236 g/mol. The largest absolute Gasteiger partial charge is 0.476 e. The molecule has 0 bridgehead atoms. The number of hydrogen-bond acceptors (Lipinski definition) is 3. The Balaban J connectivity index is 1.90. The number of nitrogens with zero attached hydrogens (tertiary/aromatic N) is 1. The molecule has 2 rings (SSSR count). The molecule has 0 amide bonds. The van der Waals surface area contributed by atoms with Gasteiger partial charge >= 0.3 is 0 Å². The van der Waals surface area contributed by atoms with Crippen LogP contribution in [0.3, 0.4) is 0 Å². The van der Waals surface area contributed by atoms with Crippen molar-refractivity contribution >= 4 is 11.6 Å². The molecule has 4 heteroatoms. The number of ether oxygens (including phenoxy) is 1. The topological polar surface area (TPSA) is 48.1 Å². The van der Waals surface area contributed by atoms with E-state index < -0.39 is 0 Å². The van der Waals surface area contributed by atoms with Crippen LogP contribution in [0.15, 0.2) is 18.3 Å². The molecule has 1 aliphatic rings. The Morgan fingerprint density at radius 1 is 1.35 bits per heavy atom. The van der Waals surface area contributed by atoms with Crippen molar-refractivity contribution in [2.24, 2.45) is 17.6 Å². The summed E-state index contributed by atoms with van der Waals surface area (Å²) in [5.41, 5.74) is 5.80. The van der Waals surface area contributed by atoms with Gasteiger partial charge in [0.15, 0.2) is 0 Å². The van der Waals surface area contributed by atoms with Gasteiger partial charge in [-0.1, -0.05) is 24.4 Å². The van der Waals surface area contributed by atoms with Crippen LogP contribution in [-0.2, 0) is 0 Å². The number of nitrogens with two attached hydrogens (primary N) is 1. The monoisotopic (exact) mass is 254 g/mol. The number of pyridine rings is 1. The molecule has 0 aromatic carbocycles. The van der Waals surface area contributed by atoms with Gasteiger partial charge in [-0.25, -0.2) is 4.98 Å². The lowest BCUT2D eigenvalue weighted by atomic mass is 9.80. The maximum absolute atomic E-state index is 6.00. The molecule has 2 unspecified atom stereocenters. The highest BCUT2D eigenvalue weighted by atomic mass is 35.5. The number of aromatic nitrogens is 1. The molecule has 1 saturated carbocycles. The Morgan fingerprint density at radius 2 is 2.12 bits per heavy atom. The second-order valence-electron chi connectivity index (χ2n) is 4.64. The van der Waals surface area contributed by atoms with Crippen LogP contribution in [0.2, 0.25) is 5.02 Å². The molecule has 0 radical (unpaired) electrons. The van der Waals surface area contributed by atoms with Crippen LogP contribution in [0, 0.1) is 11.8 Å². The summed E-state index contributed by atoms with van der Waals surface area (Å²) in [5, 5.41) is 0.576. The van der Waals surface area contributed by atoms with Crippen molar-refractivity contribution in [2.75, 3.05) is 13.2 Å². The molecule has 2 N–H and O–H groups in total. The summed E-state index contributed by atoms with van der Waals surface area (Å²) in [4.78, 5) is 4.13. The van der Waals surface area contributed by atoms with Crippen molar-refractivity contribution in [3.63, 3.8) is 0 Å². The summed E-state index contributed by atoms with van der Waals surface area (Å²) in [6.07, 6.45) is 6.69. The predicted molar refractivity (Wildman–Crippen MR) is 69.2 cm³/mol. The molecule has 17 heavy (non-hydrogen) atoms. The van der Waals surface area contributed by atoms with Crippen LogP contribution < -0.4 is 10.5 Å². The minimum absolute atomic E-state index is 0.538. The van der Waals surface area contributed by atoms with Crippen molar-refractivity contribution < 1.29 is 4.74 Å². The summed E-state index contributed by atoms with van der Waals surface area (Å²) in [5.74, 6) is 1.67. The Kier molecular flexibility index (Phi) is 4.63. The summed E-state index contributed by atoms with van der Waals surface area (Å²) >= 11 is 6.00. The summed E-state index contributed by atoms with van der Waals surface area (Å²) < 4.78 is 5.71. The summed E-state index contributed by atoms with van der Waals surface area (Å²) in [6.45, 7) is 1.43. The number of hydrogen-bond donors (Lipinski definition) is 1. The molecule has 1 fully saturated rings. The van der Waals surface area contributed by atoms with Crippen LogP contribution in [0.4, 0.5) is 0 Å². The van der Waals surface area contributed by atoms with Crippen molar-refractivity contribution in [2.45, 2.75) is 25.7 Å². The third kappa shape index (κ3) is 3.33. The number of rotatable bonds is 4. The van der Waals surface area contributed by atoms with Gasteiger partial charge in [0.1, 0.15) is 5.02 Å². The summed E-state index contributed by atoms with van der Waals surface area (Å²) in [6, 6.07) is 3.60. The van der Waals surface area contributed by atoms with Gasteiger partial charge in [-0.3, -0.25) is 0 Å². The van der Waals surface area contributed by atoms with Crippen LogP contribution in [0.25, 0.3) is 0 Å².